The Hall–Kier alpha value is -0.940. The molecule has 1 N–H and O–H groups in total. The summed E-state index contributed by atoms with van der Waals surface area (Å²) in [5.41, 5.74) is 1.05. The maximum atomic E-state index is 10.8. The Morgan fingerprint density at radius 3 is 2.67 bits per heavy atom. The van der Waals surface area contributed by atoms with Gasteiger partial charge in [-0.1, -0.05) is 26.3 Å². The van der Waals surface area contributed by atoms with Crippen LogP contribution in [0.15, 0.2) is 22.7 Å². The van der Waals surface area contributed by atoms with Crippen LogP contribution in [0.25, 0.3) is 0 Å². The van der Waals surface area contributed by atoms with Gasteiger partial charge in [0.15, 0.2) is 0 Å². The Morgan fingerprint density at radius 1 is 1.44 bits per heavy atom. The van der Waals surface area contributed by atoms with Crippen molar-refractivity contribution in [2.45, 2.75) is 39.8 Å². The molecule has 0 aliphatic heterocycles. The number of nitro benzene ring substituents is 1. The number of hydrogen-bond donors (Lipinski definition) is 1. The first kappa shape index (κ1) is 15.1. The Morgan fingerprint density at radius 2 is 2.11 bits per heavy atom. The second kappa shape index (κ2) is 6.85. The molecule has 4 nitrogen and oxygen atoms in total. The number of rotatable bonds is 6. The van der Waals surface area contributed by atoms with Crippen LogP contribution in [0, 0.1) is 16.0 Å². The van der Waals surface area contributed by atoms with Gasteiger partial charge < -0.3 is 5.32 Å². The van der Waals surface area contributed by atoms with Crippen LogP contribution in [-0.2, 0) is 6.54 Å². The van der Waals surface area contributed by atoms with Crippen LogP contribution in [0.3, 0.4) is 0 Å². The molecule has 0 heterocycles. The van der Waals surface area contributed by atoms with Crippen LogP contribution in [0.5, 0.6) is 0 Å². The summed E-state index contributed by atoms with van der Waals surface area (Å²) in [5, 5.41) is 14.2. The summed E-state index contributed by atoms with van der Waals surface area (Å²) in [7, 11) is 0. The topological polar surface area (TPSA) is 55.2 Å². The molecule has 0 fully saturated rings. The van der Waals surface area contributed by atoms with E-state index in [1.54, 1.807) is 12.1 Å². The highest BCUT2D eigenvalue weighted by molar-refractivity contribution is 9.10. The minimum atomic E-state index is -0.369. The quantitative estimate of drug-likeness (QED) is 0.640. The van der Waals surface area contributed by atoms with Crippen molar-refractivity contribution in [2.24, 2.45) is 5.92 Å². The third kappa shape index (κ3) is 4.07. The highest BCUT2D eigenvalue weighted by Crippen LogP contribution is 2.25. The van der Waals surface area contributed by atoms with Crippen molar-refractivity contribution < 1.29 is 4.92 Å². The molecule has 1 rings (SSSR count). The minimum absolute atomic E-state index is 0.116. The normalized spacial score (nSPS) is 14.2. The maximum Gasteiger partial charge on any atom is 0.283 e. The molecule has 1 aromatic rings. The van der Waals surface area contributed by atoms with E-state index in [2.05, 4.69) is 42.0 Å². The van der Waals surface area contributed by atoms with Crippen LogP contribution >= 0.6 is 15.9 Å². The smallest absolute Gasteiger partial charge is 0.283 e. The molecule has 18 heavy (non-hydrogen) atoms. The van der Waals surface area contributed by atoms with E-state index in [4.69, 9.17) is 0 Å². The maximum absolute atomic E-state index is 10.8. The molecular weight excluding hydrogens is 296 g/mol. The van der Waals surface area contributed by atoms with Gasteiger partial charge in [0.2, 0.25) is 0 Å². The van der Waals surface area contributed by atoms with E-state index in [1.165, 1.54) is 0 Å². The van der Waals surface area contributed by atoms with E-state index in [9.17, 15) is 10.1 Å². The molecule has 2 atom stereocenters. The first-order valence-electron chi connectivity index (χ1n) is 6.11. The zero-order chi connectivity index (χ0) is 13.7. The van der Waals surface area contributed by atoms with Crippen molar-refractivity contribution in [3.05, 3.63) is 38.3 Å². The first-order valence-corrected chi connectivity index (χ1v) is 6.91. The Bertz CT molecular complexity index is 423. The average molecular weight is 315 g/mol. The fourth-order valence-electron chi connectivity index (χ4n) is 1.64. The predicted octanol–water partition coefficient (Wildman–Crippen LogP) is 3.88. The van der Waals surface area contributed by atoms with E-state index in [-0.39, 0.29) is 10.6 Å². The number of benzene rings is 1. The second-order valence-corrected chi connectivity index (χ2v) is 5.45. The van der Waals surface area contributed by atoms with E-state index in [0.29, 0.717) is 23.0 Å². The fraction of sp³-hybridized carbons (Fsp3) is 0.538. The summed E-state index contributed by atoms with van der Waals surface area (Å²) in [6, 6.07) is 5.63. The van der Waals surface area contributed by atoms with E-state index in [1.807, 2.05) is 6.07 Å². The van der Waals surface area contributed by atoms with Crippen molar-refractivity contribution in [3.63, 3.8) is 0 Å². The molecule has 0 amide bonds. The van der Waals surface area contributed by atoms with Gasteiger partial charge in [-0.3, -0.25) is 10.1 Å². The highest BCUT2D eigenvalue weighted by Gasteiger charge is 2.13. The van der Waals surface area contributed by atoms with E-state index < -0.39 is 0 Å². The van der Waals surface area contributed by atoms with Crippen molar-refractivity contribution in [2.75, 3.05) is 0 Å². The standard InChI is InChI=1S/C13H19BrN2O2/c1-4-9(2)10(3)15-8-11-5-6-12(14)13(7-11)16(17)18/h5-7,9-10,15H,4,8H2,1-3H3. The fourth-order valence-corrected chi connectivity index (χ4v) is 2.03. The Balaban J connectivity index is 2.69. The minimum Gasteiger partial charge on any atom is -0.310 e. The van der Waals surface area contributed by atoms with Gasteiger partial charge in [-0.25, -0.2) is 0 Å². The predicted molar refractivity (Wildman–Crippen MR) is 76.6 cm³/mol. The number of nitrogens with zero attached hydrogens (tertiary/aromatic N) is 1. The molecule has 0 spiro atoms. The number of nitrogens with one attached hydrogen (secondary N) is 1. The summed E-state index contributed by atoms with van der Waals surface area (Å²) >= 11 is 3.18. The third-order valence-electron chi connectivity index (χ3n) is 3.33. The zero-order valence-electron chi connectivity index (χ0n) is 10.9. The van der Waals surface area contributed by atoms with Crippen molar-refractivity contribution in [1.29, 1.82) is 0 Å². The molecule has 5 heteroatoms. The Kier molecular flexibility index (Phi) is 5.75. The molecular formula is C13H19BrN2O2. The third-order valence-corrected chi connectivity index (χ3v) is 4.00. The molecule has 2 unspecified atom stereocenters. The lowest BCUT2D eigenvalue weighted by Gasteiger charge is -2.19. The van der Waals surface area contributed by atoms with Gasteiger partial charge in [-0.05, 0) is 40.4 Å². The molecule has 100 valence electrons. The molecule has 0 radical (unpaired) electrons. The van der Waals surface area contributed by atoms with Gasteiger partial charge >= 0.3 is 0 Å². The monoisotopic (exact) mass is 314 g/mol. The Labute approximate surface area is 116 Å². The lowest BCUT2D eigenvalue weighted by Crippen LogP contribution is -2.31. The van der Waals surface area contributed by atoms with Gasteiger partial charge in [0.25, 0.3) is 5.69 Å². The molecule has 0 saturated heterocycles. The van der Waals surface area contributed by atoms with Gasteiger partial charge in [0, 0.05) is 18.7 Å². The van der Waals surface area contributed by atoms with E-state index in [0.717, 1.165) is 12.0 Å². The van der Waals surface area contributed by atoms with Crippen LogP contribution in [0.4, 0.5) is 5.69 Å². The highest BCUT2D eigenvalue weighted by atomic mass is 79.9. The summed E-state index contributed by atoms with van der Waals surface area (Å²) in [5.74, 6) is 0.593. The summed E-state index contributed by atoms with van der Waals surface area (Å²) < 4.78 is 0.520. The lowest BCUT2D eigenvalue weighted by molar-refractivity contribution is -0.385. The van der Waals surface area contributed by atoms with Crippen molar-refractivity contribution in [1.82, 2.24) is 5.32 Å². The number of hydrogen-bond acceptors (Lipinski definition) is 3. The summed E-state index contributed by atoms with van der Waals surface area (Å²) in [4.78, 5) is 10.5. The molecule has 0 aliphatic rings. The second-order valence-electron chi connectivity index (χ2n) is 4.60. The van der Waals surface area contributed by atoms with Crippen molar-refractivity contribution in [3.8, 4) is 0 Å². The van der Waals surface area contributed by atoms with Crippen LogP contribution in [0.2, 0.25) is 0 Å². The van der Waals surface area contributed by atoms with E-state index >= 15 is 0 Å². The van der Waals surface area contributed by atoms with Crippen LogP contribution in [0.1, 0.15) is 32.8 Å². The van der Waals surface area contributed by atoms with Crippen molar-refractivity contribution >= 4 is 21.6 Å². The van der Waals surface area contributed by atoms with Crippen LogP contribution < -0.4 is 5.32 Å². The molecule has 0 bridgehead atoms. The first-order chi connectivity index (χ1) is 8.45. The average Bonchev–Trinajstić information content (AvgIpc) is 2.36. The molecule has 0 saturated carbocycles. The number of halogens is 1. The van der Waals surface area contributed by atoms with Crippen LogP contribution in [-0.4, -0.2) is 11.0 Å². The molecule has 0 aromatic heterocycles. The summed E-state index contributed by atoms with van der Waals surface area (Å²) in [6.07, 6.45) is 1.12. The summed E-state index contributed by atoms with van der Waals surface area (Å²) in [6.45, 7) is 7.15. The zero-order valence-corrected chi connectivity index (χ0v) is 12.5. The molecule has 1 aromatic carbocycles. The van der Waals surface area contributed by atoms with Gasteiger partial charge in [0.05, 0.1) is 9.40 Å². The van der Waals surface area contributed by atoms with Gasteiger partial charge in [0.1, 0.15) is 0 Å². The molecule has 0 aliphatic carbocycles. The SMILES string of the molecule is CCC(C)C(C)NCc1ccc(Br)c([N+](=O)[O-])c1. The van der Waals surface area contributed by atoms with Gasteiger partial charge in [-0.2, -0.15) is 0 Å². The largest absolute Gasteiger partial charge is 0.310 e. The van der Waals surface area contributed by atoms with Gasteiger partial charge in [-0.15, -0.1) is 0 Å². The lowest BCUT2D eigenvalue weighted by atomic mass is 10.0. The number of nitro groups is 1.